The predicted molar refractivity (Wildman–Crippen MR) is 126 cm³/mol. The first-order chi connectivity index (χ1) is 16.6. The first-order valence-electron chi connectivity index (χ1n) is 11.1. The van der Waals surface area contributed by atoms with Gasteiger partial charge in [0.15, 0.2) is 0 Å². The van der Waals surface area contributed by atoms with Crippen LogP contribution >= 0.6 is 0 Å². The summed E-state index contributed by atoms with van der Waals surface area (Å²) < 4.78 is 23.8. The fraction of sp³-hybridized carbons (Fsp3) is 0.200. The van der Waals surface area contributed by atoms with Crippen LogP contribution in [0.2, 0.25) is 0 Å². The summed E-state index contributed by atoms with van der Waals surface area (Å²) in [6, 6.07) is 15.4. The van der Waals surface area contributed by atoms with Crippen molar-refractivity contribution in [3.8, 4) is 22.7 Å². The van der Waals surface area contributed by atoms with E-state index in [0.29, 0.717) is 29.2 Å². The second-order valence-corrected chi connectivity index (χ2v) is 7.92. The van der Waals surface area contributed by atoms with Crippen molar-refractivity contribution < 1.29 is 9.13 Å². The molecule has 0 aliphatic heterocycles. The molecule has 0 unspecified atom stereocenters. The second-order valence-electron chi connectivity index (χ2n) is 7.92. The van der Waals surface area contributed by atoms with Crippen LogP contribution in [0.15, 0.2) is 78.0 Å². The number of ether oxygens (including phenoxy) is 1. The van der Waals surface area contributed by atoms with E-state index in [4.69, 9.17) is 4.74 Å². The van der Waals surface area contributed by atoms with Crippen LogP contribution in [0, 0.1) is 5.82 Å². The maximum Gasteiger partial charge on any atom is 0.276 e. The summed E-state index contributed by atoms with van der Waals surface area (Å²) in [5, 5.41) is 12.8. The van der Waals surface area contributed by atoms with E-state index in [9.17, 15) is 9.18 Å². The first kappa shape index (κ1) is 21.6. The Morgan fingerprint density at radius 3 is 2.71 bits per heavy atom. The van der Waals surface area contributed by atoms with Gasteiger partial charge in [-0.15, -0.1) is 5.10 Å². The summed E-state index contributed by atoms with van der Waals surface area (Å²) in [5.41, 5.74) is 3.06. The number of fused-ring (bicyclic) bond motifs is 1. The number of benzene rings is 2. The monoisotopic (exact) mass is 458 g/mol. The Hall–Kier alpha value is -4.27. The molecule has 0 fully saturated rings. The van der Waals surface area contributed by atoms with Gasteiger partial charge >= 0.3 is 0 Å². The quantitative estimate of drug-likeness (QED) is 0.327. The molecule has 0 radical (unpaired) electrons. The van der Waals surface area contributed by atoms with Crippen molar-refractivity contribution in [2.24, 2.45) is 0 Å². The molecule has 34 heavy (non-hydrogen) atoms. The number of aromatic nitrogens is 6. The van der Waals surface area contributed by atoms with Gasteiger partial charge in [-0.2, -0.15) is 5.10 Å². The van der Waals surface area contributed by atoms with Crippen LogP contribution in [0.5, 0.6) is 5.75 Å². The molecule has 0 atom stereocenters. The van der Waals surface area contributed by atoms with E-state index in [2.05, 4.69) is 22.3 Å². The van der Waals surface area contributed by atoms with Gasteiger partial charge in [-0.25, -0.2) is 13.6 Å². The van der Waals surface area contributed by atoms with E-state index in [1.165, 1.54) is 12.1 Å². The van der Waals surface area contributed by atoms with Crippen LogP contribution in [0.1, 0.15) is 25.5 Å². The zero-order chi connectivity index (χ0) is 23.5. The standard InChI is InChI=1S/C25H23FN6O2/c1-2-3-14-34-24-7-5-4-6-21(24)22-15-23-25(33)30(12-13-31(23)28-22)16-19-17-32(29-27-19)20-10-8-18(26)9-11-20/h4-13,15,17H,2-3,14,16H2,1H3. The third-order valence-electron chi connectivity index (χ3n) is 5.49. The molecule has 0 amide bonds. The highest BCUT2D eigenvalue weighted by Crippen LogP contribution is 2.29. The minimum Gasteiger partial charge on any atom is -0.493 e. The molecule has 0 bridgehead atoms. The Kier molecular flexibility index (Phi) is 5.90. The van der Waals surface area contributed by atoms with Crippen LogP contribution < -0.4 is 10.3 Å². The molecule has 0 saturated heterocycles. The zero-order valence-corrected chi connectivity index (χ0v) is 18.6. The van der Waals surface area contributed by atoms with E-state index in [1.807, 2.05) is 24.3 Å². The Morgan fingerprint density at radius 1 is 1.06 bits per heavy atom. The van der Waals surface area contributed by atoms with Crippen molar-refractivity contribution in [2.45, 2.75) is 26.3 Å². The minimum atomic E-state index is -0.320. The highest BCUT2D eigenvalue weighted by atomic mass is 19.1. The molecule has 0 aliphatic carbocycles. The normalized spacial score (nSPS) is 11.2. The van der Waals surface area contributed by atoms with E-state index in [-0.39, 0.29) is 17.9 Å². The zero-order valence-electron chi connectivity index (χ0n) is 18.6. The molecule has 5 aromatic rings. The Morgan fingerprint density at radius 2 is 1.88 bits per heavy atom. The summed E-state index contributed by atoms with van der Waals surface area (Å²) in [5.74, 6) is 0.427. The molecule has 2 aromatic carbocycles. The molecular weight excluding hydrogens is 435 g/mol. The molecule has 0 aliphatic rings. The molecule has 8 nitrogen and oxygen atoms in total. The summed E-state index contributed by atoms with van der Waals surface area (Å²) >= 11 is 0. The van der Waals surface area contributed by atoms with Crippen LogP contribution in [0.3, 0.4) is 0 Å². The van der Waals surface area contributed by atoms with Gasteiger partial charge in [-0.05, 0) is 48.9 Å². The maximum absolute atomic E-state index is 13.2. The average Bonchev–Trinajstić information content (AvgIpc) is 3.50. The van der Waals surface area contributed by atoms with E-state index in [1.54, 1.807) is 50.6 Å². The van der Waals surface area contributed by atoms with Gasteiger partial charge in [0.2, 0.25) is 0 Å². The van der Waals surface area contributed by atoms with Crippen molar-refractivity contribution in [1.29, 1.82) is 0 Å². The molecule has 3 heterocycles. The van der Waals surface area contributed by atoms with Gasteiger partial charge in [0, 0.05) is 18.0 Å². The maximum atomic E-state index is 13.2. The van der Waals surface area contributed by atoms with Gasteiger partial charge in [-0.1, -0.05) is 30.7 Å². The summed E-state index contributed by atoms with van der Waals surface area (Å²) in [6.07, 6.45) is 7.15. The molecule has 0 saturated carbocycles. The highest BCUT2D eigenvalue weighted by molar-refractivity contribution is 5.71. The van der Waals surface area contributed by atoms with Gasteiger partial charge in [0.05, 0.1) is 30.7 Å². The SMILES string of the molecule is CCCCOc1ccccc1-c1cc2c(=O)n(Cc3cn(-c4ccc(F)cc4)nn3)ccn2n1. The Labute approximate surface area is 194 Å². The molecule has 9 heteroatoms. The number of hydrogen-bond acceptors (Lipinski definition) is 5. The van der Waals surface area contributed by atoms with E-state index >= 15 is 0 Å². The number of para-hydroxylation sites is 1. The average molecular weight is 458 g/mol. The number of unbranched alkanes of at least 4 members (excludes halogenated alkanes) is 1. The van der Waals surface area contributed by atoms with Crippen molar-refractivity contribution in [3.05, 3.63) is 95.1 Å². The molecule has 0 N–H and O–H groups in total. The van der Waals surface area contributed by atoms with Crippen molar-refractivity contribution in [2.75, 3.05) is 6.61 Å². The fourth-order valence-corrected chi connectivity index (χ4v) is 3.68. The number of halogens is 1. The third kappa shape index (κ3) is 4.32. The van der Waals surface area contributed by atoms with Crippen LogP contribution in [-0.2, 0) is 6.54 Å². The number of rotatable bonds is 8. The second kappa shape index (κ2) is 9.30. The lowest BCUT2D eigenvalue weighted by Crippen LogP contribution is -2.21. The summed E-state index contributed by atoms with van der Waals surface area (Å²) in [4.78, 5) is 13.2. The highest BCUT2D eigenvalue weighted by Gasteiger charge is 2.14. The number of hydrogen-bond donors (Lipinski definition) is 0. The van der Waals surface area contributed by atoms with Gasteiger partial charge in [-0.3, -0.25) is 4.79 Å². The topological polar surface area (TPSA) is 79.2 Å². The summed E-state index contributed by atoms with van der Waals surface area (Å²) in [7, 11) is 0. The number of nitrogens with zero attached hydrogens (tertiary/aromatic N) is 6. The Balaban J connectivity index is 1.42. The van der Waals surface area contributed by atoms with Gasteiger partial charge < -0.3 is 9.30 Å². The molecule has 0 spiro atoms. The lowest BCUT2D eigenvalue weighted by atomic mass is 10.1. The third-order valence-corrected chi connectivity index (χ3v) is 5.49. The molecule has 5 rings (SSSR count). The smallest absolute Gasteiger partial charge is 0.276 e. The first-order valence-corrected chi connectivity index (χ1v) is 11.1. The Bertz CT molecular complexity index is 1490. The van der Waals surface area contributed by atoms with Crippen LogP contribution in [0.25, 0.3) is 22.5 Å². The predicted octanol–water partition coefficient (Wildman–Crippen LogP) is 4.11. The largest absolute Gasteiger partial charge is 0.493 e. The van der Waals surface area contributed by atoms with Crippen molar-refractivity contribution in [1.82, 2.24) is 29.2 Å². The van der Waals surface area contributed by atoms with E-state index in [0.717, 1.165) is 24.2 Å². The van der Waals surface area contributed by atoms with Crippen LogP contribution in [0.4, 0.5) is 4.39 Å². The molecular formula is C25H23FN6O2. The molecule has 172 valence electrons. The molecule has 3 aromatic heterocycles. The summed E-state index contributed by atoms with van der Waals surface area (Å²) in [6.45, 7) is 2.99. The lowest BCUT2D eigenvalue weighted by Gasteiger charge is -2.09. The van der Waals surface area contributed by atoms with Crippen molar-refractivity contribution in [3.63, 3.8) is 0 Å². The van der Waals surface area contributed by atoms with Crippen molar-refractivity contribution >= 4 is 5.52 Å². The lowest BCUT2D eigenvalue weighted by molar-refractivity contribution is 0.310. The fourth-order valence-electron chi connectivity index (χ4n) is 3.68. The van der Waals surface area contributed by atoms with E-state index < -0.39 is 0 Å². The van der Waals surface area contributed by atoms with Gasteiger partial charge in [0.25, 0.3) is 5.56 Å². The van der Waals surface area contributed by atoms with Gasteiger partial charge in [0.1, 0.15) is 22.8 Å². The minimum absolute atomic E-state index is 0.193. The van der Waals surface area contributed by atoms with Crippen LogP contribution in [-0.4, -0.2) is 35.8 Å².